The maximum absolute atomic E-state index is 12.1. The maximum Gasteiger partial charge on any atom is 0.268 e. The van der Waals surface area contributed by atoms with Crippen molar-refractivity contribution in [2.75, 3.05) is 13.1 Å². The number of halogens is 1. The van der Waals surface area contributed by atoms with Crippen molar-refractivity contribution in [2.24, 2.45) is 5.92 Å². The van der Waals surface area contributed by atoms with Crippen molar-refractivity contribution < 1.29 is 9.59 Å². The second-order valence-corrected chi connectivity index (χ2v) is 5.85. The lowest BCUT2D eigenvalue weighted by Crippen LogP contribution is -2.36. The monoisotopic (exact) mass is 343 g/mol. The molecule has 0 unspecified atom stereocenters. The number of nitrogens with zero attached hydrogens (tertiary/aromatic N) is 1. The van der Waals surface area contributed by atoms with Gasteiger partial charge in [-0.1, -0.05) is 20.8 Å². The highest BCUT2D eigenvalue weighted by molar-refractivity contribution is 9.10. The molecule has 0 atom stereocenters. The van der Waals surface area contributed by atoms with Crippen molar-refractivity contribution in [3.63, 3.8) is 0 Å². The first-order chi connectivity index (χ1) is 9.45. The van der Waals surface area contributed by atoms with Crippen LogP contribution in [0.4, 0.5) is 0 Å². The fourth-order valence-corrected chi connectivity index (χ4v) is 2.21. The van der Waals surface area contributed by atoms with Crippen LogP contribution in [0.2, 0.25) is 0 Å². The Morgan fingerprint density at radius 3 is 2.55 bits per heavy atom. The van der Waals surface area contributed by atoms with E-state index in [1.54, 1.807) is 6.07 Å². The number of nitrogens with one attached hydrogen (secondary N) is 2. The SMILES string of the molecule is CCCn1cc(Br)cc1C(=O)NCCNC(=O)C(C)C. The van der Waals surface area contributed by atoms with Crippen LogP contribution in [0, 0.1) is 5.92 Å². The molecule has 112 valence electrons. The van der Waals surface area contributed by atoms with Gasteiger partial charge in [-0.25, -0.2) is 0 Å². The highest BCUT2D eigenvalue weighted by Crippen LogP contribution is 2.15. The molecule has 0 aliphatic carbocycles. The van der Waals surface area contributed by atoms with E-state index in [2.05, 4.69) is 33.5 Å². The van der Waals surface area contributed by atoms with Crippen LogP contribution in [-0.4, -0.2) is 29.5 Å². The minimum absolute atomic E-state index is 0.00338. The number of hydrogen-bond donors (Lipinski definition) is 2. The molecular formula is C14H22BrN3O2. The number of carbonyl (C=O) groups excluding carboxylic acids is 2. The van der Waals surface area contributed by atoms with E-state index in [1.165, 1.54) is 0 Å². The molecule has 0 spiro atoms. The van der Waals surface area contributed by atoms with Crippen molar-refractivity contribution in [1.29, 1.82) is 0 Å². The second-order valence-electron chi connectivity index (χ2n) is 4.94. The summed E-state index contributed by atoms with van der Waals surface area (Å²) in [7, 11) is 0. The molecule has 1 aromatic rings. The van der Waals surface area contributed by atoms with Gasteiger partial charge in [0.25, 0.3) is 5.91 Å². The fraction of sp³-hybridized carbons (Fsp3) is 0.571. The minimum atomic E-state index is -0.122. The Labute approximate surface area is 128 Å². The lowest BCUT2D eigenvalue weighted by molar-refractivity contribution is -0.123. The molecule has 0 bridgehead atoms. The van der Waals surface area contributed by atoms with Gasteiger partial charge in [0.15, 0.2) is 0 Å². The molecule has 0 radical (unpaired) electrons. The van der Waals surface area contributed by atoms with Crippen molar-refractivity contribution in [2.45, 2.75) is 33.7 Å². The lowest BCUT2D eigenvalue weighted by Gasteiger charge is -2.10. The van der Waals surface area contributed by atoms with Crippen molar-refractivity contribution in [3.05, 3.63) is 22.4 Å². The van der Waals surface area contributed by atoms with E-state index in [0.717, 1.165) is 17.4 Å². The van der Waals surface area contributed by atoms with Gasteiger partial charge in [-0.05, 0) is 28.4 Å². The summed E-state index contributed by atoms with van der Waals surface area (Å²) in [5.74, 6) is -0.164. The number of aryl methyl sites for hydroxylation is 1. The summed E-state index contributed by atoms with van der Waals surface area (Å²) in [6.07, 6.45) is 2.87. The smallest absolute Gasteiger partial charge is 0.268 e. The topological polar surface area (TPSA) is 63.1 Å². The first-order valence-electron chi connectivity index (χ1n) is 6.87. The molecule has 0 fully saturated rings. The lowest BCUT2D eigenvalue weighted by atomic mass is 10.2. The van der Waals surface area contributed by atoms with E-state index in [-0.39, 0.29) is 17.7 Å². The second kappa shape index (κ2) is 8.09. The molecule has 1 rings (SSSR count). The highest BCUT2D eigenvalue weighted by Gasteiger charge is 2.12. The Balaban J connectivity index is 2.45. The molecule has 0 saturated carbocycles. The summed E-state index contributed by atoms with van der Waals surface area (Å²) in [6.45, 7) is 7.41. The van der Waals surface area contributed by atoms with E-state index in [1.807, 2.05) is 24.6 Å². The molecule has 0 aliphatic heterocycles. The molecule has 0 aliphatic rings. The molecule has 2 N–H and O–H groups in total. The Bertz CT molecular complexity index is 469. The van der Waals surface area contributed by atoms with Gasteiger partial charge in [-0.2, -0.15) is 0 Å². The van der Waals surface area contributed by atoms with E-state index in [9.17, 15) is 9.59 Å². The molecule has 2 amide bonds. The van der Waals surface area contributed by atoms with E-state index in [0.29, 0.717) is 18.8 Å². The van der Waals surface area contributed by atoms with Gasteiger partial charge in [-0.3, -0.25) is 9.59 Å². The van der Waals surface area contributed by atoms with Crippen LogP contribution in [0.25, 0.3) is 0 Å². The van der Waals surface area contributed by atoms with Gasteiger partial charge in [0.1, 0.15) is 5.69 Å². The van der Waals surface area contributed by atoms with Crippen LogP contribution in [0.1, 0.15) is 37.7 Å². The highest BCUT2D eigenvalue weighted by atomic mass is 79.9. The first-order valence-corrected chi connectivity index (χ1v) is 7.66. The van der Waals surface area contributed by atoms with Crippen LogP contribution < -0.4 is 10.6 Å². The maximum atomic E-state index is 12.1. The molecule has 0 aromatic carbocycles. The van der Waals surface area contributed by atoms with Crippen LogP contribution in [0.15, 0.2) is 16.7 Å². The normalized spacial score (nSPS) is 10.7. The summed E-state index contributed by atoms with van der Waals surface area (Å²) >= 11 is 3.38. The van der Waals surface area contributed by atoms with Crippen LogP contribution in [0.3, 0.4) is 0 Å². The van der Waals surface area contributed by atoms with Crippen molar-refractivity contribution in [3.8, 4) is 0 Å². The summed E-state index contributed by atoms with van der Waals surface area (Å²) < 4.78 is 2.82. The zero-order chi connectivity index (χ0) is 15.1. The Hall–Kier alpha value is -1.30. The Morgan fingerprint density at radius 1 is 1.30 bits per heavy atom. The van der Waals surface area contributed by atoms with E-state index < -0.39 is 0 Å². The van der Waals surface area contributed by atoms with Gasteiger partial charge < -0.3 is 15.2 Å². The number of amides is 2. The molecule has 0 saturated heterocycles. The Kier molecular flexibility index (Phi) is 6.78. The number of aromatic nitrogens is 1. The van der Waals surface area contributed by atoms with Crippen LogP contribution >= 0.6 is 15.9 Å². The zero-order valence-corrected chi connectivity index (χ0v) is 13.8. The third-order valence-corrected chi connectivity index (χ3v) is 3.23. The minimum Gasteiger partial charge on any atom is -0.354 e. The van der Waals surface area contributed by atoms with E-state index >= 15 is 0 Å². The van der Waals surface area contributed by atoms with Gasteiger partial charge >= 0.3 is 0 Å². The first kappa shape index (κ1) is 16.8. The van der Waals surface area contributed by atoms with Crippen LogP contribution in [0.5, 0.6) is 0 Å². The summed E-state index contributed by atoms with van der Waals surface area (Å²) in [4.78, 5) is 23.4. The van der Waals surface area contributed by atoms with Crippen molar-refractivity contribution in [1.82, 2.24) is 15.2 Å². The van der Waals surface area contributed by atoms with E-state index in [4.69, 9.17) is 0 Å². The third kappa shape index (κ3) is 5.00. The summed E-state index contributed by atoms with van der Waals surface area (Å²) in [6, 6.07) is 1.80. The van der Waals surface area contributed by atoms with Gasteiger partial charge in [0.05, 0.1) is 0 Å². The molecule has 1 heterocycles. The molecule has 6 heteroatoms. The number of carbonyl (C=O) groups is 2. The fourth-order valence-electron chi connectivity index (χ4n) is 1.75. The third-order valence-electron chi connectivity index (χ3n) is 2.79. The number of rotatable bonds is 7. The van der Waals surface area contributed by atoms with Crippen LogP contribution in [-0.2, 0) is 11.3 Å². The summed E-state index contributed by atoms with van der Waals surface area (Å²) in [5, 5.41) is 5.57. The largest absolute Gasteiger partial charge is 0.354 e. The molecule has 20 heavy (non-hydrogen) atoms. The standard InChI is InChI=1S/C14H22BrN3O2/c1-4-7-18-9-11(15)8-12(18)14(20)17-6-5-16-13(19)10(2)3/h8-10H,4-7H2,1-3H3,(H,16,19)(H,17,20). The van der Waals surface area contributed by atoms with Crippen molar-refractivity contribution >= 4 is 27.7 Å². The van der Waals surface area contributed by atoms with Gasteiger partial charge in [-0.15, -0.1) is 0 Å². The summed E-state index contributed by atoms with van der Waals surface area (Å²) in [5.41, 5.74) is 0.633. The number of hydrogen-bond acceptors (Lipinski definition) is 2. The molecular weight excluding hydrogens is 322 g/mol. The quantitative estimate of drug-likeness (QED) is 0.745. The van der Waals surface area contributed by atoms with Gasteiger partial charge in [0, 0.05) is 36.2 Å². The predicted octanol–water partition coefficient (Wildman–Crippen LogP) is 2.16. The predicted molar refractivity (Wildman–Crippen MR) is 82.6 cm³/mol. The van der Waals surface area contributed by atoms with Gasteiger partial charge in [0.2, 0.25) is 5.91 Å². The average Bonchev–Trinajstić information content (AvgIpc) is 2.75. The average molecular weight is 344 g/mol. The molecule has 5 nitrogen and oxygen atoms in total. The zero-order valence-electron chi connectivity index (χ0n) is 12.2. The Morgan fingerprint density at radius 2 is 1.95 bits per heavy atom. The molecule has 1 aromatic heterocycles.